The molecule has 1 aromatic carbocycles. The zero-order valence-corrected chi connectivity index (χ0v) is 20.5. The van der Waals surface area contributed by atoms with E-state index in [0.29, 0.717) is 40.4 Å². The molecule has 0 saturated carbocycles. The van der Waals surface area contributed by atoms with Gasteiger partial charge in [0.1, 0.15) is 5.56 Å². The maximum atomic E-state index is 13.8. The second-order valence-electron chi connectivity index (χ2n) is 8.52. The van der Waals surface area contributed by atoms with Gasteiger partial charge in [-0.3, -0.25) is 14.9 Å². The van der Waals surface area contributed by atoms with E-state index in [9.17, 15) is 14.9 Å². The van der Waals surface area contributed by atoms with E-state index in [2.05, 4.69) is 12.0 Å². The molecule has 7 nitrogen and oxygen atoms in total. The van der Waals surface area contributed by atoms with Gasteiger partial charge in [0.15, 0.2) is 0 Å². The first-order chi connectivity index (χ1) is 15.0. The van der Waals surface area contributed by atoms with Gasteiger partial charge in [0.05, 0.1) is 22.3 Å². The van der Waals surface area contributed by atoms with Gasteiger partial charge in [-0.2, -0.15) is 5.10 Å². The van der Waals surface area contributed by atoms with Crippen molar-refractivity contribution in [2.24, 2.45) is 0 Å². The van der Waals surface area contributed by atoms with E-state index in [1.165, 1.54) is 6.07 Å². The molecule has 0 fully saturated rings. The number of ether oxygens (including phenoxy) is 1. The van der Waals surface area contributed by atoms with E-state index in [1.54, 1.807) is 17.7 Å². The molecule has 1 atom stereocenters. The standard InChI is InChI=1S/C25H35N3O4/c1-9-11-14-27-25(32-16(5)10-2)23(19(8)26-27)24(29)20-12-13-21(28(30)31)22(18(20)7)17(6)15(3)4/h12-13,16H,9-11,14H2,1-8H3. The molecule has 0 aliphatic heterocycles. The lowest BCUT2D eigenvalue weighted by atomic mass is 9.90. The summed E-state index contributed by atoms with van der Waals surface area (Å²) in [5.74, 6) is 0.257. The fourth-order valence-electron chi connectivity index (χ4n) is 3.63. The van der Waals surface area contributed by atoms with Gasteiger partial charge in [0.2, 0.25) is 11.7 Å². The summed E-state index contributed by atoms with van der Waals surface area (Å²) in [6.45, 7) is 16.0. The van der Waals surface area contributed by atoms with E-state index in [-0.39, 0.29) is 17.6 Å². The van der Waals surface area contributed by atoms with Crippen LogP contribution in [0.25, 0.3) is 5.57 Å². The molecule has 1 heterocycles. The quantitative estimate of drug-likeness (QED) is 0.241. The largest absolute Gasteiger partial charge is 0.474 e. The van der Waals surface area contributed by atoms with Gasteiger partial charge in [-0.15, -0.1) is 0 Å². The summed E-state index contributed by atoms with van der Waals surface area (Å²) in [6, 6.07) is 2.97. The molecule has 2 aromatic rings. The van der Waals surface area contributed by atoms with Crippen LogP contribution in [0.2, 0.25) is 0 Å². The fraction of sp³-hybridized carbons (Fsp3) is 0.520. The molecule has 0 saturated heterocycles. The molecule has 0 amide bonds. The molecular formula is C25H35N3O4. The van der Waals surface area contributed by atoms with Gasteiger partial charge in [-0.05, 0) is 71.6 Å². The molecule has 1 unspecified atom stereocenters. The van der Waals surface area contributed by atoms with Crippen molar-refractivity contribution in [2.45, 2.75) is 87.3 Å². The summed E-state index contributed by atoms with van der Waals surface area (Å²) in [6.07, 6.45) is 2.65. The Balaban J connectivity index is 2.72. The Hall–Kier alpha value is -2.96. The fourth-order valence-corrected chi connectivity index (χ4v) is 3.63. The Bertz CT molecular complexity index is 1050. The van der Waals surface area contributed by atoms with Crippen molar-refractivity contribution in [1.82, 2.24) is 9.78 Å². The van der Waals surface area contributed by atoms with Crippen LogP contribution in [0, 0.1) is 24.0 Å². The highest BCUT2D eigenvalue weighted by Crippen LogP contribution is 2.35. The number of nitro groups is 1. The topological polar surface area (TPSA) is 87.3 Å². The highest BCUT2D eigenvalue weighted by molar-refractivity contribution is 6.13. The van der Waals surface area contributed by atoms with Crippen LogP contribution < -0.4 is 4.74 Å². The Morgan fingerprint density at radius 3 is 2.38 bits per heavy atom. The molecule has 174 valence electrons. The molecule has 0 aliphatic carbocycles. The number of benzene rings is 1. The second kappa shape index (κ2) is 10.6. The number of unbranched alkanes of at least 4 members (excludes halogenated alkanes) is 1. The first kappa shape index (κ1) is 25.3. The number of allylic oxidation sites excluding steroid dienone is 2. The third-order valence-corrected chi connectivity index (χ3v) is 5.93. The van der Waals surface area contributed by atoms with Gasteiger partial charge in [-0.1, -0.05) is 25.8 Å². The number of ketones is 1. The summed E-state index contributed by atoms with van der Waals surface area (Å²) < 4.78 is 7.95. The highest BCUT2D eigenvalue weighted by atomic mass is 16.6. The molecule has 0 spiro atoms. The van der Waals surface area contributed by atoms with Crippen molar-refractivity contribution in [2.75, 3.05) is 0 Å². The minimum absolute atomic E-state index is 0.00388. The van der Waals surface area contributed by atoms with Crippen molar-refractivity contribution < 1.29 is 14.5 Å². The van der Waals surface area contributed by atoms with Crippen molar-refractivity contribution in [1.29, 1.82) is 0 Å². The molecule has 0 bridgehead atoms. The summed E-state index contributed by atoms with van der Waals surface area (Å²) in [4.78, 5) is 25.1. The number of nitrogens with zero attached hydrogens (tertiary/aromatic N) is 3. The van der Waals surface area contributed by atoms with Crippen LogP contribution in [0.5, 0.6) is 5.88 Å². The third kappa shape index (κ3) is 5.09. The van der Waals surface area contributed by atoms with Crippen LogP contribution in [-0.2, 0) is 6.54 Å². The van der Waals surface area contributed by atoms with Gasteiger partial charge in [0.25, 0.3) is 5.69 Å². The number of carbonyl (C=O) groups is 1. The van der Waals surface area contributed by atoms with E-state index in [0.717, 1.165) is 30.4 Å². The Morgan fingerprint density at radius 1 is 1.19 bits per heavy atom. The average molecular weight is 442 g/mol. The Kier molecular flexibility index (Phi) is 8.36. The minimum atomic E-state index is -0.394. The van der Waals surface area contributed by atoms with E-state index in [4.69, 9.17) is 4.74 Å². The van der Waals surface area contributed by atoms with Crippen LogP contribution in [0.15, 0.2) is 17.7 Å². The SMILES string of the molecule is CCCCn1nc(C)c(C(=O)c2ccc([N+](=O)[O-])c(C(C)=C(C)C)c2C)c1OC(C)CC. The zero-order valence-electron chi connectivity index (χ0n) is 20.5. The summed E-state index contributed by atoms with van der Waals surface area (Å²) in [5.41, 5.74) is 4.32. The van der Waals surface area contributed by atoms with Crippen LogP contribution in [0.1, 0.15) is 93.5 Å². The van der Waals surface area contributed by atoms with Crippen molar-refractivity contribution >= 4 is 17.0 Å². The monoisotopic (exact) mass is 441 g/mol. The number of aromatic nitrogens is 2. The summed E-state index contributed by atoms with van der Waals surface area (Å²) >= 11 is 0. The summed E-state index contributed by atoms with van der Waals surface area (Å²) in [5, 5.41) is 16.3. The number of hydrogen-bond acceptors (Lipinski definition) is 5. The molecule has 7 heteroatoms. The third-order valence-electron chi connectivity index (χ3n) is 5.93. The number of nitro benzene ring substituents is 1. The predicted molar refractivity (Wildman–Crippen MR) is 127 cm³/mol. The van der Waals surface area contributed by atoms with E-state index in [1.807, 2.05) is 41.5 Å². The Labute approximate surface area is 190 Å². The van der Waals surface area contributed by atoms with Crippen molar-refractivity contribution in [3.05, 3.63) is 55.8 Å². The smallest absolute Gasteiger partial charge is 0.277 e. The average Bonchev–Trinajstić information content (AvgIpc) is 3.05. The first-order valence-electron chi connectivity index (χ1n) is 11.3. The first-order valence-corrected chi connectivity index (χ1v) is 11.3. The maximum Gasteiger partial charge on any atom is 0.277 e. The molecule has 0 radical (unpaired) electrons. The Morgan fingerprint density at radius 2 is 1.84 bits per heavy atom. The van der Waals surface area contributed by atoms with E-state index >= 15 is 0 Å². The van der Waals surface area contributed by atoms with Crippen molar-refractivity contribution in [3.8, 4) is 5.88 Å². The molecule has 2 rings (SSSR count). The number of rotatable bonds is 10. The maximum absolute atomic E-state index is 13.8. The van der Waals surface area contributed by atoms with E-state index < -0.39 is 4.92 Å². The molecular weight excluding hydrogens is 406 g/mol. The van der Waals surface area contributed by atoms with Gasteiger partial charge < -0.3 is 4.74 Å². The highest BCUT2D eigenvalue weighted by Gasteiger charge is 2.29. The van der Waals surface area contributed by atoms with Crippen LogP contribution in [0.3, 0.4) is 0 Å². The number of carbonyl (C=O) groups excluding carboxylic acids is 1. The number of aryl methyl sites for hydroxylation is 2. The lowest BCUT2D eigenvalue weighted by molar-refractivity contribution is -0.385. The predicted octanol–water partition coefficient (Wildman–Crippen LogP) is 6.43. The zero-order chi connectivity index (χ0) is 24.2. The van der Waals surface area contributed by atoms with Gasteiger partial charge in [-0.25, -0.2) is 4.68 Å². The van der Waals surface area contributed by atoms with Crippen LogP contribution in [0.4, 0.5) is 5.69 Å². The lowest BCUT2D eigenvalue weighted by Gasteiger charge is -2.17. The second-order valence-corrected chi connectivity index (χ2v) is 8.52. The normalized spacial score (nSPS) is 11.9. The number of hydrogen-bond donors (Lipinski definition) is 0. The molecule has 0 N–H and O–H groups in total. The van der Waals surface area contributed by atoms with Gasteiger partial charge >= 0.3 is 0 Å². The van der Waals surface area contributed by atoms with Gasteiger partial charge in [0, 0.05) is 18.2 Å². The van der Waals surface area contributed by atoms with Crippen LogP contribution >= 0.6 is 0 Å². The lowest BCUT2D eigenvalue weighted by Crippen LogP contribution is -2.17. The van der Waals surface area contributed by atoms with Crippen LogP contribution in [-0.4, -0.2) is 26.6 Å². The molecule has 32 heavy (non-hydrogen) atoms. The summed E-state index contributed by atoms with van der Waals surface area (Å²) in [7, 11) is 0. The minimum Gasteiger partial charge on any atom is -0.474 e. The molecule has 1 aromatic heterocycles. The van der Waals surface area contributed by atoms with Crippen molar-refractivity contribution in [3.63, 3.8) is 0 Å². The molecule has 0 aliphatic rings.